The lowest BCUT2D eigenvalue weighted by Gasteiger charge is -2.19. The molecule has 0 fully saturated rings. The maximum absolute atomic E-state index is 12.7. The molecule has 0 aromatic heterocycles. The predicted octanol–water partition coefficient (Wildman–Crippen LogP) is 1.94. The zero-order chi connectivity index (χ0) is 19.0. The molecule has 2 N–H and O–H groups in total. The number of amides is 1. The molecule has 140 valence electrons. The third-order valence-electron chi connectivity index (χ3n) is 3.63. The van der Waals surface area contributed by atoms with Crippen LogP contribution in [0.4, 0.5) is 0 Å². The SMILES string of the molecule is COCCNC(=O)[C@H](Cc1ccccc1)NS(=O)(=O)c1ccc(I)cc1. The maximum atomic E-state index is 12.7. The molecular formula is C18H21IN2O4S. The van der Waals surface area contributed by atoms with Crippen LogP contribution in [0.15, 0.2) is 59.5 Å². The fourth-order valence-corrected chi connectivity index (χ4v) is 3.86. The lowest BCUT2D eigenvalue weighted by molar-refractivity contribution is -0.122. The minimum absolute atomic E-state index is 0.126. The van der Waals surface area contributed by atoms with Crippen LogP contribution in [-0.2, 0) is 26.0 Å². The third kappa shape index (κ3) is 6.35. The summed E-state index contributed by atoms with van der Waals surface area (Å²) in [6, 6.07) is 14.8. The van der Waals surface area contributed by atoms with Crippen molar-refractivity contribution in [3.05, 3.63) is 63.7 Å². The van der Waals surface area contributed by atoms with Crippen LogP contribution >= 0.6 is 22.6 Å². The fraction of sp³-hybridized carbons (Fsp3) is 0.278. The van der Waals surface area contributed by atoms with Crippen LogP contribution in [0.5, 0.6) is 0 Å². The number of carbonyl (C=O) groups excluding carboxylic acids is 1. The summed E-state index contributed by atoms with van der Waals surface area (Å²) in [6.45, 7) is 0.666. The number of hydrogen-bond acceptors (Lipinski definition) is 4. The quantitative estimate of drug-likeness (QED) is 0.418. The number of hydrogen-bond donors (Lipinski definition) is 2. The molecule has 0 aliphatic carbocycles. The van der Waals surface area contributed by atoms with Gasteiger partial charge in [-0.2, -0.15) is 4.72 Å². The second-order valence-corrected chi connectivity index (χ2v) is 8.56. The smallest absolute Gasteiger partial charge is 0.241 e. The topological polar surface area (TPSA) is 84.5 Å². The van der Waals surface area contributed by atoms with Crippen molar-refractivity contribution in [3.63, 3.8) is 0 Å². The van der Waals surface area contributed by atoms with Gasteiger partial charge in [0.25, 0.3) is 0 Å². The zero-order valence-electron chi connectivity index (χ0n) is 14.3. The monoisotopic (exact) mass is 488 g/mol. The highest BCUT2D eigenvalue weighted by molar-refractivity contribution is 14.1. The largest absolute Gasteiger partial charge is 0.383 e. The minimum atomic E-state index is -3.82. The first-order chi connectivity index (χ1) is 12.4. The van der Waals surface area contributed by atoms with Gasteiger partial charge in [-0.15, -0.1) is 0 Å². The van der Waals surface area contributed by atoms with Crippen molar-refractivity contribution in [1.29, 1.82) is 0 Å². The maximum Gasteiger partial charge on any atom is 0.241 e. The van der Waals surface area contributed by atoms with E-state index in [1.807, 2.05) is 30.3 Å². The first-order valence-corrected chi connectivity index (χ1v) is 10.6. The van der Waals surface area contributed by atoms with Gasteiger partial charge in [0.1, 0.15) is 6.04 Å². The van der Waals surface area contributed by atoms with E-state index < -0.39 is 16.1 Å². The summed E-state index contributed by atoms with van der Waals surface area (Å²) in [4.78, 5) is 12.6. The van der Waals surface area contributed by atoms with Crippen LogP contribution in [0.3, 0.4) is 0 Å². The van der Waals surface area contributed by atoms with Gasteiger partial charge >= 0.3 is 0 Å². The number of ether oxygens (including phenoxy) is 1. The molecule has 1 amide bonds. The summed E-state index contributed by atoms with van der Waals surface area (Å²) in [5.74, 6) is -0.389. The van der Waals surface area contributed by atoms with E-state index in [4.69, 9.17) is 4.74 Å². The van der Waals surface area contributed by atoms with Gasteiger partial charge in [-0.25, -0.2) is 8.42 Å². The van der Waals surface area contributed by atoms with E-state index in [9.17, 15) is 13.2 Å². The van der Waals surface area contributed by atoms with Crippen LogP contribution in [0.25, 0.3) is 0 Å². The van der Waals surface area contributed by atoms with Crippen molar-refractivity contribution in [2.24, 2.45) is 0 Å². The molecule has 2 aromatic rings. The zero-order valence-corrected chi connectivity index (χ0v) is 17.3. The van der Waals surface area contributed by atoms with Gasteiger partial charge in [0.15, 0.2) is 0 Å². The second-order valence-electron chi connectivity index (χ2n) is 5.60. The lowest BCUT2D eigenvalue weighted by Crippen LogP contribution is -2.48. The van der Waals surface area contributed by atoms with Gasteiger partial charge in [0.05, 0.1) is 11.5 Å². The van der Waals surface area contributed by atoms with E-state index in [0.29, 0.717) is 13.2 Å². The summed E-state index contributed by atoms with van der Waals surface area (Å²) in [7, 11) is -2.28. The van der Waals surface area contributed by atoms with Crippen LogP contribution in [0.1, 0.15) is 5.56 Å². The van der Waals surface area contributed by atoms with E-state index in [0.717, 1.165) is 9.13 Å². The van der Waals surface area contributed by atoms with Gasteiger partial charge < -0.3 is 10.1 Å². The van der Waals surface area contributed by atoms with Crippen molar-refractivity contribution >= 4 is 38.5 Å². The molecule has 0 heterocycles. The van der Waals surface area contributed by atoms with Crippen molar-refractivity contribution < 1.29 is 17.9 Å². The molecule has 8 heteroatoms. The number of rotatable bonds is 9. The molecule has 0 saturated carbocycles. The Bertz CT molecular complexity index is 811. The van der Waals surface area contributed by atoms with Crippen molar-refractivity contribution in [2.75, 3.05) is 20.3 Å². The lowest BCUT2D eigenvalue weighted by atomic mass is 10.1. The Hall–Kier alpha value is -1.49. The predicted molar refractivity (Wildman–Crippen MR) is 108 cm³/mol. The Labute approximate surface area is 167 Å². The van der Waals surface area contributed by atoms with E-state index in [1.54, 1.807) is 12.1 Å². The first kappa shape index (κ1) is 20.8. The third-order valence-corrected chi connectivity index (χ3v) is 5.83. The van der Waals surface area contributed by atoms with Crippen molar-refractivity contribution in [3.8, 4) is 0 Å². The highest BCUT2D eigenvalue weighted by Crippen LogP contribution is 2.13. The summed E-state index contributed by atoms with van der Waals surface area (Å²) in [5, 5.41) is 2.70. The standard InChI is InChI=1S/C18H21IN2O4S/c1-25-12-11-20-18(22)17(13-14-5-3-2-4-6-14)21-26(23,24)16-9-7-15(19)8-10-16/h2-10,17,21H,11-13H2,1H3,(H,20,22)/t17-/m0/s1. The molecule has 0 aliphatic rings. The summed E-state index contributed by atoms with van der Waals surface area (Å²) in [5.41, 5.74) is 0.865. The van der Waals surface area contributed by atoms with E-state index in [2.05, 4.69) is 32.6 Å². The second kappa shape index (κ2) is 10.0. The van der Waals surface area contributed by atoms with Crippen LogP contribution in [0, 0.1) is 3.57 Å². The summed E-state index contributed by atoms with van der Waals surface area (Å²) < 4.78 is 33.7. The molecule has 0 spiro atoms. The molecule has 0 radical (unpaired) electrons. The molecular weight excluding hydrogens is 467 g/mol. The Morgan fingerprint density at radius 3 is 2.38 bits per heavy atom. The molecule has 6 nitrogen and oxygen atoms in total. The van der Waals surface area contributed by atoms with Crippen molar-refractivity contribution in [1.82, 2.24) is 10.0 Å². The van der Waals surface area contributed by atoms with Gasteiger partial charge in [-0.1, -0.05) is 30.3 Å². The van der Waals surface area contributed by atoms with Gasteiger partial charge in [0, 0.05) is 17.2 Å². The van der Waals surface area contributed by atoms with E-state index in [-0.39, 0.29) is 17.2 Å². The molecule has 2 aromatic carbocycles. The molecule has 2 rings (SSSR count). The van der Waals surface area contributed by atoms with Crippen LogP contribution < -0.4 is 10.0 Å². The number of halogens is 1. The van der Waals surface area contributed by atoms with Gasteiger partial charge in [-0.05, 0) is 58.8 Å². The van der Waals surface area contributed by atoms with Crippen LogP contribution in [0.2, 0.25) is 0 Å². The van der Waals surface area contributed by atoms with Crippen LogP contribution in [-0.4, -0.2) is 40.6 Å². The highest BCUT2D eigenvalue weighted by atomic mass is 127. The Morgan fingerprint density at radius 1 is 1.12 bits per heavy atom. The Morgan fingerprint density at radius 2 is 1.77 bits per heavy atom. The number of benzene rings is 2. The Kier molecular flexibility index (Phi) is 8.01. The van der Waals surface area contributed by atoms with E-state index >= 15 is 0 Å². The minimum Gasteiger partial charge on any atom is -0.383 e. The van der Waals surface area contributed by atoms with Gasteiger partial charge in [-0.3, -0.25) is 4.79 Å². The number of carbonyl (C=O) groups is 1. The molecule has 0 bridgehead atoms. The molecule has 26 heavy (non-hydrogen) atoms. The summed E-state index contributed by atoms with van der Waals surface area (Å²) >= 11 is 2.10. The number of nitrogens with one attached hydrogen (secondary N) is 2. The molecule has 0 aliphatic heterocycles. The number of methoxy groups -OCH3 is 1. The normalized spacial score (nSPS) is 12.5. The summed E-state index contributed by atoms with van der Waals surface area (Å²) in [6.07, 6.45) is 0.253. The first-order valence-electron chi connectivity index (χ1n) is 8.01. The Balaban J connectivity index is 2.19. The molecule has 0 unspecified atom stereocenters. The molecule has 0 saturated heterocycles. The van der Waals surface area contributed by atoms with Gasteiger partial charge in [0.2, 0.25) is 15.9 Å². The van der Waals surface area contributed by atoms with Crippen molar-refractivity contribution in [2.45, 2.75) is 17.4 Å². The molecule has 1 atom stereocenters. The average molecular weight is 488 g/mol. The average Bonchev–Trinajstić information content (AvgIpc) is 2.62. The fourth-order valence-electron chi connectivity index (χ4n) is 2.31. The number of sulfonamides is 1. The highest BCUT2D eigenvalue weighted by Gasteiger charge is 2.25. The van der Waals surface area contributed by atoms with E-state index in [1.165, 1.54) is 19.2 Å².